The van der Waals surface area contributed by atoms with Crippen LogP contribution in [0.5, 0.6) is 11.5 Å². The molecule has 0 radical (unpaired) electrons. The van der Waals surface area contributed by atoms with Crippen molar-refractivity contribution in [2.45, 2.75) is 26.4 Å². The maximum absolute atomic E-state index is 14.4. The summed E-state index contributed by atoms with van der Waals surface area (Å²) in [5.41, 5.74) is 14.8. The van der Waals surface area contributed by atoms with Crippen molar-refractivity contribution in [3.63, 3.8) is 0 Å². The highest BCUT2D eigenvalue weighted by Gasteiger charge is 2.37. The Morgan fingerprint density at radius 1 is 0.976 bits per heavy atom. The van der Waals surface area contributed by atoms with E-state index in [1.165, 1.54) is 19.1 Å². The second kappa shape index (κ2) is 12.5. The van der Waals surface area contributed by atoms with Gasteiger partial charge in [-0.05, 0) is 65.8 Å². The molecule has 4 rings (SSSR count). The molecular formula is C30H31N5O5S. The van der Waals surface area contributed by atoms with Crippen LogP contribution in [0.15, 0.2) is 66.7 Å². The molecule has 3 amide bonds. The summed E-state index contributed by atoms with van der Waals surface area (Å²) < 4.78 is 14.9. The largest absolute Gasteiger partial charge is 0.493 e. The predicted molar refractivity (Wildman–Crippen MR) is 158 cm³/mol. The van der Waals surface area contributed by atoms with E-state index in [1.54, 1.807) is 30.3 Å². The summed E-state index contributed by atoms with van der Waals surface area (Å²) in [7, 11) is 3.00. The summed E-state index contributed by atoms with van der Waals surface area (Å²) in [5.74, 6) is -1.08. The number of nitrogen functional groups attached to an aromatic ring is 1. The highest BCUT2D eigenvalue weighted by molar-refractivity contribution is 7.09. The summed E-state index contributed by atoms with van der Waals surface area (Å²) in [4.78, 5) is 41.7. The Morgan fingerprint density at radius 3 is 2.32 bits per heavy atom. The van der Waals surface area contributed by atoms with Gasteiger partial charge in [0, 0.05) is 12.2 Å². The molecule has 0 saturated carbocycles. The van der Waals surface area contributed by atoms with Crippen LogP contribution >= 0.6 is 11.5 Å². The third kappa shape index (κ3) is 5.99. The number of methoxy groups -OCH3 is 2. The molecule has 0 fully saturated rings. The lowest BCUT2D eigenvalue weighted by atomic mass is 9.99. The Morgan fingerprint density at radius 2 is 1.68 bits per heavy atom. The predicted octanol–water partition coefficient (Wildman–Crippen LogP) is 4.16. The number of ether oxygens (including phenoxy) is 2. The van der Waals surface area contributed by atoms with Crippen LogP contribution in [0.2, 0.25) is 0 Å². The van der Waals surface area contributed by atoms with Gasteiger partial charge in [0.15, 0.2) is 17.2 Å². The van der Waals surface area contributed by atoms with Crippen molar-refractivity contribution in [2.75, 3.05) is 24.9 Å². The maximum atomic E-state index is 14.4. The van der Waals surface area contributed by atoms with Crippen molar-refractivity contribution < 1.29 is 23.9 Å². The van der Waals surface area contributed by atoms with Crippen LogP contribution in [-0.2, 0) is 11.3 Å². The van der Waals surface area contributed by atoms with Gasteiger partial charge in [-0.3, -0.25) is 19.3 Å². The minimum Gasteiger partial charge on any atom is -0.493 e. The third-order valence-corrected chi connectivity index (χ3v) is 7.60. The van der Waals surface area contributed by atoms with Crippen LogP contribution < -0.4 is 31.2 Å². The highest BCUT2D eigenvalue weighted by Crippen LogP contribution is 2.38. The fourth-order valence-corrected chi connectivity index (χ4v) is 5.17. The number of nitrogens with one attached hydrogen (secondary N) is 1. The molecule has 1 heterocycles. The lowest BCUT2D eigenvalue weighted by molar-refractivity contribution is -0.122. The quantitative estimate of drug-likeness (QED) is 0.258. The molecule has 0 spiro atoms. The van der Waals surface area contributed by atoms with Crippen molar-refractivity contribution in [1.82, 2.24) is 9.69 Å². The SMILES string of the molecule is COc1ccc(C(C(=O)NCc2ccccc2)N(C(=O)c2snc(C(N)=O)c2N)c2cccc(C)c2C)cc1OC. The van der Waals surface area contributed by atoms with Gasteiger partial charge in [0.05, 0.1) is 19.9 Å². The van der Waals surface area contributed by atoms with Crippen LogP contribution in [0.4, 0.5) is 11.4 Å². The van der Waals surface area contributed by atoms with Crippen molar-refractivity contribution in [2.24, 2.45) is 5.73 Å². The summed E-state index contributed by atoms with van der Waals surface area (Å²) in [6, 6.07) is 18.7. The van der Waals surface area contributed by atoms with E-state index in [4.69, 9.17) is 20.9 Å². The molecule has 10 nitrogen and oxygen atoms in total. The molecule has 0 saturated heterocycles. The van der Waals surface area contributed by atoms with Crippen LogP contribution in [0.3, 0.4) is 0 Å². The van der Waals surface area contributed by atoms with Crippen molar-refractivity contribution >= 4 is 40.6 Å². The summed E-state index contributed by atoms with van der Waals surface area (Å²) >= 11 is 0.750. The zero-order valence-electron chi connectivity index (χ0n) is 23.1. The van der Waals surface area contributed by atoms with Gasteiger partial charge in [-0.2, -0.15) is 4.37 Å². The highest BCUT2D eigenvalue weighted by atomic mass is 32.1. The van der Waals surface area contributed by atoms with Gasteiger partial charge in [0.25, 0.3) is 11.8 Å². The Kier molecular flexibility index (Phi) is 8.88. The van der Waals surface area contributed by atoms with Gasteiger partial charge < -0.3 is 26.3 Å². The molecule has 1 atom stereocenters. The van der Waals surface area contributed by atoms with E-state index >= 15 is 0 Å². The number of aromatic nitrogens is 1. The molecule has 0 bridgehead atoms. The molecular weight excluding hydrogens is 542 g/mol. The van der Waals surface area contributed by atoms with E-state index in [0.29, 0.717) is 22.7 Å². The number of nitrogens with zero attached hydrogens (tertiary/aromatic N) is 2. The molecule has 3 aromatic carbocycles. The fraction of sp³-hybridized carbons (Fsp3) is 0.200. The normalized spacial score (nSPS) is 11.4. The van der Waals surface area contributed by atoms with Crippen LogP contribution in [-0.4, -0.2) is 36.3 Å². The van der Waals surface area contributed by atoms with Gasteiger partial charge in [-0.1, -0.05) is 48.5 Å². The van der Waals surface area contributed by atoms with Gasteiger partial charge >= 0.3 is 0 Å². The first-order valence-corrected chi connectivity index (χ1v) is 13.4. The van der Waals surface area contributed by atoms with Crippen LogP contribution in [0, 0.1) is 13.8 Å². The minimum atomic E-state index is -1.18. The Hall–Kier alpha value is -4.90. The number of anilines is 2. The zero-order chi connectivity index (χ0) is 29.7. The molecule has 1 unspecified atom stereocenters. The van der Waals surface area contributed by atoms with Gasteiger partial charge in [0.2, 0.25) is 5.91 Å². The van der Waals surface area contributed by atoms with Crippen LogP contribution in [0.1, 0.15) is 48.5 Å². The summed E-state index contributed by atoms with van der Waals surface area (Å²) in [6.07, 6.45) is 0. The first-order valence-electron chi connectivity index (χ1n) is 12.7. The lowest BCUT2D eigenvalue weighted by Gasteiger charge is -2.33. The number of aryl methyl sites for hydroxylation is 1. The molecule has 5 N–H and O–H groups in total. The average molecular weight is 574 g/mol. The van der Waals surface area contributed by atoms with E-state index in [0.717, 1.165) is 28.2 Å². The van der Waals surface area contributed by atoms with Crippen molar-refractivity contribution in [1.29, 1.82) is 0 Å². The van der Waals surface area contributed by atoms with E-state index in [-0.39, 0.29) is 22.8 Å². The molecule has 4 aromatic rings. The zero-order valence-corrected chi connectivity index (χ0v) is 24.0. The molecule has 212 valence electrons. The van der Waals surface area contributed by atoms with Gasteiger partial charge in [0.1, 0.15) is 10.9 Å². The number of hydrogen-bond acceptors (Lipinski definition) is 8. The second-order valence-corrected chi connectivity index (χ2v) is 10.0. The number of primary amides is 1. The van der Waals surface area contributed by atoms with Crippen LogP contribution in [0.25, 0.3) is 0 Å². The van der Waals surface area contributed by atoms with Crippen molar-refractivity contribution in [3.8, 4) is 11.5 Å². The van der Waals surface area contributed by atoms with Crippen molar-refractivity contribution in [3.05, 3.63) is 99.6 Å². The average Bonchev–Trinajstić information content (AvgIpc) is 3.37. The maximum Gasteiger partial charge on any atom is 0.273 e. The smallest absolute Gasteiger partial charge is 0.273 e. The number of hydrogen-bond donors (Lipinski definition) is 3. The molecule has 1 aromatic heterocycles. The number of amides is 3. The fourth-order valence-electron chi connectivity index (χ4n) is 4.42. The van der Waals surface area contributed by atoms with E-state index in [2.05, 4.69) is 9.69 Å². The number of rotatable bonds is 10. The molecule has 41 heavy (non-hydrogen) atoms. The molecule has 0 aliphatic heterocycles. The first kappa shape index (κ1) is 29.1. The molecule has 0 aliphatic carbocycles. The number of carbonyl (C=O) groups is 3. The standard InChI is InChI=1S/C30H31N5O5S/c1-17-9-8-12-21(18(17)2)35(30(38)27-24(31)25(28(32)36)34-41-27)26(20-13-14-22(39-3)23(15-20)40-4)29(37)33-16-19-10-6-5-7-11-19/h5-15,26H,16,31H2,1-4H3,(H2,32,36)(H,33,37). The second-order valence-electron chi connectivity index (χ2n) is 9.25. The Bertz CT molecular complexity index is 1590. The first-order chi connectivity index (χ1) is 19.7. The Balaban J connectivity index is 1.92. The van der Waals surface area contributed by atoms with E-state index in [1.807, 2.05) is 50.2 Å². The number of carbonyl (C=O) groups excluding carboxylic acids is 3. The summed E-state index contributed by atoms with van der Waals surface area (Å²) in [5, 5.41) is 2.97. The lowest BCUT2D eigenvalue weighted by Crippen LogP contribution is -2.44. The van der Waals surface area contributed by atoms with Gasteiger partial charge in [-0.15, -0.1) is 0 Å². The Labute approximate surface area is 242 Å². The third-order valence-electron chi connectivity index (χ3n) is 6.75. The van der Waals surface area contributed by atoms with E-state index < -0.39 is 23.8 Å². The monoisotopic (exact) mass is 573 g/mol. The number of benzene rings is 3. The molecule has 0 aliphatic rings. The molecule has 11 heteroatoms. The summed E-state index contributed by atoms with van der Waals surface area (Å²) in [6.45, 7) is 4.00. The van der Waals surface area contributed by atoms with E-state index in [9.17, 15) is 14.4 Å². The minimum absolute atomic E-state index is 0.0129. The van der Waals surface area contributed by atoms with Gasteiger partial charge in [-0.25, -0.2) is 0 Å². The topological polar surface area (TPSA) is 150 Å². The number of nitrogens with two attached hydrogens (primary N) is 2.